The molecular formula is C27H24BrN3O4S. The molecule has 0 spiro atoms. The second-order valence-corrected chi connectivity index (χ2v) is 9.89. The molecule has 1 heterocycles. The van der Waals surface area contributed by atoms with Crippen LogP contribution in [-0.2, 0) is 14.3 Å². The van der Waals surface area contributed by atoms with Crippen LogP contribution in [0.3, 0.4) is 0 Å². The van der Waals surface area contributed by atoms with Gasteiger partial charge in [-0.3, -0.25) is 19.3 Å². The van der Waals surface area contributed by atoms with Gasteiger partial charge in [-0.05, 0) is 67.1 Å². The van der Waals surface area contributed by atoms with Gasteiger partial charge in [-0.15, -0.1) is 0 Å². The zero-order valence-electron chi connectivity index (χ0n) is 19.5. The summed E-state index contributed by atoms with van der Waals surface area (Å²) in [5.74, 6) is -0.918. The molecule has 0 radical (unpaired) electrons. The Labute approximate surface area is 222 Å². The maximum Gasteiger partial charge on any atom is 0.278 e. The van der Waals surface area contributed by atoms with Crippen molar-refractivity contribution in [2.24, 2.45) is 0 Å². The Balaban J connectivity index is 1.53. The van der Waals surface area contributed by atoms with Crippen molar-refractivity contribution in [2.75, 3.05) is 30.9 Å². The minimum Gasteiger partial charge on any atom is -0.385 e. The van der Waals surface area contributed by atoms with E-state index in [0.717, 1.165) is 9.37 Å². The molecule has 7 nitrogen and oxygen atoms in total. The van der Waals surface area contributed by atoms with Crippen LogP contribution in [0.4, 0.5) is 11.4 Å². The van der Waals surface area contributed by atoms with Crippen LogP contribution >= 0.6 is 27.7 Å². The average Bonchev–Trinajstić information content (AvgIpc) is 3.11. The largest absolute Gasteiger partial charge is 0.385 e. The summed E-state index contributed by atoms with van der Waals surface area (Å²) in [5, 5.41) is 5.99. The van der Waals surface area contributed by atoms with Crippen LogP contribution in [0.1, 0.15) is 16.8 Å². The maximum atomic E-state index is 13.2. The molecule has 184 valence electrons. The highest BCUT2D eigenvalue weighted by Crippen LogP contribution is 2.36. The third-order valence-corrected chi connectivity index (χ3v) is 6.96. The highest BCUT2D eigenvalue weighted by Gasteiger charge is 2.38. The Kier molecular flexibility index (Phi) is 8.58. The molecular weight excluding hydrogens is 542 g/mol. The summed E-state index contributed by atoms with van der Waals surface area (Å²) < 4.78 is 5.99. The molecule has 36 heavy (non-hydrogen) atoms. The number of ether oxygens (including phenoxy) is 1. The minimum atomic E-state index is -0.367. The number of methoxy groups -OCH3 is 1. The highest BCUT2D eigenvalue weighted by atomic mass is 79.9. The van der Waals surface area contributed by atoms with Crippen LogP contribution < -0.4 is 10.6 Å². The van der Waals surface area contributed by atoms with Crippen LogP contribution in [-0.4, -0.2) is 42.9 Å². The van der Waals surface area contributed by atoms with Gasteiger partial charge in [-0.25, -0.2) is 0 Å². The Bertz CT molecular complexity index is 1280. The fraction of sp³-hybridized carbons (Fsp3) is 0.148. The molecule has 0 aliphatic carbocycles. The van der Waals surface area contributed by atoms with Crippen molar-refractivity contribution >= 4 is 56.8 Å². The van der Waals surface area contributed by atoms with Crippen molar-refractivity contribution in [1.82, 2.24) is 4.90 Å². The molecule has 0 unspecified atom stereocenters. The van der Waals surface area contributed by atoms with Crippen LogP contribution in [0.15, 0.2) is 98.8 Å². The Morgan fingerprint density at radius 2 is 1.58 bits per heavy atom. The van der Waals surface area contributed by atoms with Crippen LogP contribution in [0.2, 0.25) is 0 Å². The first-order chi connectivity index (χ1) is 17.5. The molecule has 0 saturated carbocycles. The van der Waals surface area contributed by atoms with Crippen LogP contribution in [0.5, 0.6) is 0 Å². The van der Waals surface area contributed by atoms with E-state index in [2.05, 4.69) is 26.6 Å². The van der Waals surface area contributed by atoms with Crippen molar-refractivity contribution in [3.8, 4) is 0 Å². The predicted octanol–water partition coefficient (Wildman–Crippen LogP) is 5.52. The lowest BCUT2D eigenvalue weighted by Crippen LogP contribution is -2.33. The number of carbonyl (C=O) groups is 3. The topological polar surface area (TPSA) is 87.7 Å². The standard InChI is InChI=1S/C27H24BrN3O4S/c1-35-17-5-16-31-26(33)23(29-20-10-8-19(28)9-11-20)24(27(31)34)36-22-14-12-21(13-15-22)30-25(32)18-6-3-2-4-7-18/h2-4,6-15,29H,5,16-17H2,1H3,(H,30,32). The summed E-state index contributed by atoms with van der Waals surface area (Å²) >= 11 is 4.62. The van der Waals surface area contributed by atoms with E-state index in [1.807, 2.05) is 30.3 Å². The summed E-state index contributed by atoms with van der Waals surface area (Å²) in [6.07, 6.45) is 0.549. The number of carbonyl (C=O) groups excluding carboxylic acids is 3. The van der Waals surface area contributed by atoms with Crippen molar-refractivity contribution in [3.05, 3.63) is 99.5 Å². The lowest BCUT2D eigenvalue weighted by Gasteiger charge is -2.14. The summed E-state index contributed by atoms with van der Waals surface area (Å²) in [5.41, 5.74) is 2.13. The number of imide groups is 1. The van der Waals surface area contributed by atoms with Crippen LogP contribution in [0, 0.1) is 0 Å². The zero-order valence-corrected chi connectivity index (χ0v) is 21.9. The lowest BCUT2D eigenvalue weighted by atomic mass is 10.2. The number of rotatable bonds is 10. The first-order valence-corrected chi connectivity index (χ1v) is 12.8. The Morgan fingerprint density at radius 3 is 2.25 bits per heavy atom. The van der Waals surface area contributed by atoms with E-state index in [9.17, 15) is 14.4 Å². The van der Waals surface area contributed by atoms with E-state index >= 15 is 0 Å². The van der Waals surface area contributed by atoms with Crippen molar-refractivity contribution in [1.29, 1.82) is 0 Å². The summed E-state index contributed by atoms with van der Waals surface area (Å²) in [6, 6.07) is 23.5. The van der Waals surface area contributed by atoms with Crippen LogP contribution in [0.25, 0.3) is 0 Å². The van der Waals surface area contributed by atoms with E-state index in [1.54, 1.807) is 55.6 Å². The summed E-state index contributed by atoms with van der Waals surface area (Å²) in [6.45, 7) is 0.719. The fourth-order valence-electron chi connectivity index (χ4n) is 3.52. The molecule has 0 saturated heterocycles. The lowest BCUT2D eigenvalue weighted by molar-refractivity contribution is -0.137. The van der Waals surface area contributed by atoms with E-state index in [-0.39, 0.29) is 30.0 Å². The molecule has 0 aromatic heterocycles. The van der Waals surface area contributed by atoms with E-state index in [4.69, 9.17) is 4.74 Å². The molecule has 1 aliphatic heterocycles. The normalized spacial score (nSPS) is 13.3. The Morgan fingerprint density at radius 1 is 0.917 bits per heavy atom. The number of nitrogens with one attached hydrogen (secondary N) is 2. The molecule has 0 atom stereocenters. The van der Waals surface area contributed by atoms with Gasteiger partial charge in [-0.1, -0.05) is 45.9 Å². The molecule has 3 aromatic rings. The van der Waals surface area contributed by atoms with E-state index in [1.165, 1.54) is 16.7 Å². The quantitative estimate of drug-likeness (QED) is 0.248. The van der Waals surface area contributed by atoms with Gasteiger partial charge in [-0.2, -0.15) is 0 Å². The van der Waals surface area contributed by atoms with Crippen molar-refractivity contribution < 1.29 is 19.1 Å². The smallest absolute Gasteiger partial charge is 0.278 e. The predicted molar refractivity (Wildman–Crippen MR) is 145 cm³/mol. The molecule has 1 aliphatic rings. The zero-order chi connectivity index (χ0) is 25.5. The summed E-state index contributed by atoms with van der Waals surface area (Å²) in [7, 11) is 1.58. The second kappa shape index (κ2) is 12.0. The van der Waals surface area contributed by atoms with Gasteiger partial charge in [0.1, 0.15) is 10.6 Å². The molecule has 2 N–H and O–H groups in total. The van der Waals surface area contributed by atoms with Gasteiger partial charge in [0.2, 0.25) is 0 Å². The number of thioether (sulfide) groups is 1. The number of amides is 3. The third-order valence-electron chi connectivity index (χ3n) is 5.34. The second-order valence-electron chi connectivity index (χ2n) is 7.89. The number of halogens is 1. The van der Waals surface area contributed by atoms with Gasteiger partial charge in [0.15, 0.2) is 0 Å². The molecule has 9 heteroatoms. The number of benzene rings is 3. The third kappa shape index (κ3) is 6.23. The monoisotopic (exact) mass is 565 g/mol. The molecule has 3 amide bonds. The maximum absolute atomic E-state index is 13.2. The first kappa shape index (κ1) is 25.7. The van der Waals surface area contributed by atoms with Gasteiger partial charge >= 0.3 is 0 Å². The summed E-state index contributed by atoms with van der Waals surface area (Å²) in [4.78, 5) is 41.1. The molecule has 0 fully saturated rings. The van der Waals surface area contributed by atoms with E-state index < -0.39 is 0 Å². The van der Waals surface area contributed by atoms with Gasteiger partial charge < -0.3 is 15.4 Å². The van der Waals surface area contributed by atoms with Gasteiger partial charge in [0, 0.05) is 46.6 Å². The average molecular weight is 566 g/mol. The van der Waals surface area contributed by atoms with Crippen molar-refractivity contribution in [3.63, 3.8) is 0 Å². The van der Waals surface area contributed by atoms with E-state index in [0.29, 0.717) is 34.9 Å². The number of hydrogen-bond acceptors (Lipinski definition) is 6. The first-order valence-electron chi connectivity index (χ1n) is 11.2. The SMILES string of the molecule is COCCCN1C(=O)C(Nc2ccc(Br)cc2)=C(Sc2ccc(NC(=O)c3ccccc3)cc2)C1=O. The van der Waals surface area contributed by atoms with Gasteiger partial charge in [0.25, 0.3) is 17.7 Å². The van der Waals surface area contributed by atoms with Gasteiger partial charge in [0.05, 0.1) is 0 Å². The number of nitrogens with zero attached hydrogens (tertiary/aromatic N) is 1. The molecule has 4 rings (SSSR count). The number of anilines is 2. The fourth-order valence-corrected chi connectivity index (χ4v) is 4.73. The molecule has 0 bridgehead atoms. The molecule has 3 aromatic carbocycles. The number of hydrogen-bond donors (Lipinski definition) is 2. The highest BCUT2D eigenvalue weighted by molar-refractivity contribution is 9.10. The van der Waals surface area contributed by atoms with Crippen molar-refractivity contribution in [2.45, 2.75) is 11.3 Å². The Hall–Kier alpha value is -3.40. The minimum absolute atomic E-state index is 0.206.